The minimum Gasteiger partial charge on any atom is -0.348 e. The zero-order valence-electron chi connectivity index (χ0n) is 9.92. The highest BCUT2D eigenvalue weighted by atomic mass is 19.1. The lowest BCUT2D eigenvalue weighted by molar-refractivity contribution is 0.0930. The second kappa shape index (κ2) is 5.27. The average Bonchev–Trinajstić information content (AvgIpc) is 2.29. The summed E-state index contributed by atoms with van der Waals surface area (Å²) in [5, 5.41) is 6.15. The number of aryl methyl sites for hydroxylation is 1. The van der Waals surface area contributed by atoms with E-state index in [0.29, 0.717) is 5.56 Å². The largest absolute Gasteiger partial charge is 0.348 e. The molecule has 3 nitrogen and oxygen atoms in total. The number of carbonyl (C=O) groups is 1. The summed E-state index contributed by atoms with van der Waals surface area (Å²) in [6.07, 6.45) is 2.04. The van der Waals surface area contributed by atoms with E-state index in [1.807, 2.05) is 0 Å². The summed E-state index contributed by atoms with van der Waals surface area (Å²) in [4.78, 5) is 11.9. The molecule has 1 aliphatic heterocycles. The van der Waals surface area contributed by atoms with Crippen molar-refractivity contribution < 1.29 is 9.18 Å². The Morgan fingerprint density at radius 1 is 1.47 bits per heavy atom. The van der Waals surface area contributed by atoms with Gasteiger partial charge in [-0.25, -0.2) is 4.39 Å². The van der Waals surface area contributed by atoms with Crippen LogP contribution >= 0.6 is 0 Å². The molecule has 0 spiro atoms. The normalized spacial score (nSPS) is 20.0. The van der Waals surface area contributed by atoms with Gasteiger partial charge < -0.3 is 10.6 Å². The van der Waals surface area contributed by atoms with Crippen molar-refractivity contribution in [3.63, 3.8) is 0 Å². The van der Waals surface area contributed by atoms with Crippen LogP contribution in [0, 0.1) is 12.7 Å². The van der Waals surface area contributed by atoms with Crippen molar-refractivity contribution in [2.75, 3.05) is 13.1 Å². The van der Waals surface area contributed by atoms with E-state index in [0.717, 1.165) is 31.5 Å². The Hall–Kier alpha value is -1.42. The van der Waals surface area contributed by atoms with Crippen molar-refractivity contribution in [1.82, 2.24) is 10.6 Å². The van der Waals surface area contributed by atoms with Gasteiger partial charge in [0, 0.05) is 18.2 Å². The highest BCUT2D eigenvalue weighted by Gasteiger charge is 2.16. The average molecular weight is 236 g/mol. The van der Waals surface area contributed by atoms with Gasteiger partial charge in [-0.3, -0.25) is 4.79 Å². The van der Waals surface area contributed by atoms with Gasteiger partial charge in [0.2, 0.25) is 0 Å². The third-order valence-electron chi connectivity index (χ3n) is 2.94. The van der Waals surface area contributed by atoms with E-state index in [-0.39, 0.29) is 17.8 Å². The molecule has 1 atom stereocenters. The zero-order chi connectivity index (χ0) is 12.3. The second-order valence-corrected chi connectivity index (χ2v) is 4.53. The topological polar surface area (TPSA) is 41.1 Å². The fraction of sp³-hybridized carbons (Fsp3) is 0.462. The molecule has 0 radical (unpaired) electrons. The monoisotopic (exact) mass is 236 g/mol. The maximum absolute atomic E-state index is 13.2. The van der Waals surface area contributed by atoms with E-state index in [9.17, 15) is 9.18 Å². The first-order valence-corrected chi connectivity index (χ1v) is 5.94. The second-order valence-electron chi connectivity index (χ2n) is 4.53. The van der Waals surface area contributed by atoms with Crippen LogP contribution in [0.1, 0.15) is 28.8 Å². The molecule has 1 amide bonds. The van der Waals surface area contributed by atoms with Gasteiger partial charge in [0.15, 0.2) is 0 Å². The molecule has 0 saturated carbocycles. The summed E-state index contributed by atoms with van der Waals surface area (Å²) < 4.78 is 13.2. The zero-order valence-corrected chi connectivity index (χ0v) is 9.92. The number of benzene rings is 1. The van der Waals surface area contributed by atoms with Gasteiger partial charge in [-0.15, -0.1) is 0 Å². The molecule has 2 rings (SSSR count). The standard InChI is InChI=1S/C13H17FN2O/c1-9-5-10(7-11(14)6-9)13(17)16-12-3-2-4-15-8-12/h5-7,12,15H,2-4,8H2,1H3,(H,16,17)/t12-/m0/s1. The number of hydrogen-bond acceptors (Lipinski definition) is 2. The summed E-state index contributed by atoms with van der Waals surface area (Å²) >= 11 is 0. The van der Waals surface area contributed by atoms with Gasteiger partial charge in [-0.2, -0.15) is 0 Å². The fourth-order valence-corrected chi connectivity index (χ4v) is 2.11. The number of carbonyl (C=O) groups excluding carboxylic acids is 1. The molecule has 0 unspecified atom stereocenters. The summed E-state index contributed by atoms with van der Waals surface area (Å²) in [5.74, 6) is -0.557. The SMILES string of the molecule is Cc1cc(F)cc(C(=O)N[C@H]2CCCNC2)c1. The molecule has 17 heavy (non-hydrogen) atoms. The summed E-state index contributed by atoms with van der Waals surface area (Å²) in [7, 11) is 0. The number of rotatable bonds is 2. The van der Waals surface area contributed by atoms with E-state index in [1.54, 1.807) is 13.0 Å². The molecule has 1 heterocycles. The number of amides is 1. The Morgan fingerprint density at radius 3 is 2.94 bits per heavy atom. The molecule has 1 fully saturated rings. The maximum atomic E-state index is 13.2. The van der Waals surface area contributed by atoms with Crippen molar-refractivity contribution in [1.29, 1.82) is 0 Å². The van der Waals surface area contributed by atoms with Gasteiger partial charge in [-0.1, -0.05) is 0 Å². The van der Waals surface area contributed by atoms with Crippen molar-refractivity contribution in [3.8, 4) is 0 Å². The lowest BCUT2D eigenvalue weighted by atomic mass is 10.1. The van der Waals surface area contributed by atoms with Crippen LogP contribution in [-0.2, 0) is 0 Å². The lowest BCUT2D eigenvalue weighted by Crippen LogP contribution is -2.45. The molecule has 0 aromatic heterocycles. The van der Waals surface area contributed by atoms with Gasteiger partial charge in [-0.05, 0) is 50.1 Å². The molecular formula is C13H17FN2O. The third-order valence-corrected chi connectivity index (χ3v) is 2.94. The Labute approximate surface area is 100 Å². The van der Waals surface area contributed by atoms with Crippen LogP contribution in [0.3, 0.4) is 0 Å². The number of nitrogens with one attached hydrogen (secondary N) is 2. The van der Waals surface area contributed by atoms with Crippen LogP contribution in [0.4, 0.5) is 4.39 Å². The molecule has 0 aliphatic carbocycles. The van der Waals surface area contributed by atoms with Crippen LogP contribution in [-0.4, -0.2) is 25.0 Å². The van der Waals surface area contributed by atoms with Gasteiger partial charge in [0.05, 0.1) is 0 Å². The van der Waals surface area contributed by atoms with E-state index in [2.05, 4.69) is 10.6 Å². The van der Waals surface area contributed by atoms with E-state index < -0.39 is 0 Å². The predicted molar refractivity (Wildman–Crippen MR) is 64.5 cm³/mol. The van der Waals surface area contributed by atoms with Gasteiger partial charge >= 0.3 is 0 Å². The first kappa shape index (κ1) is 12.0. The predicted octanol–water partition coefficient (Wildman–Crippen LogP) is 1.62. The van der Waals surface area contributed by atoms with Crippen LogP contribution in [0.5, 0.6) is 0 Å². The van der Waals surface area contributed by atoms with Crippen LogP contribution in [0.15, 0.2) is 18.2 Å². The molecule has 2 N–H and O–H groups in total. The minimum atomic E-state index is -0.364. The number of hydrogen-bond donors (Lipinski definition) is 2. The molecular weight excluding hydrogens is 219 g/mol. The van der Waals surface area contributed by atoms with Crippen molar-refractivity contribution in [2.24, 2.45) is 0 Å². The molecule has 4 heteroatoms. The highest BCUT2D eigenvalue weighted by molar-refractivity contribution is 5.94. The quantitative estimate of drug-likeness (QED) is 0.819. The third kappa shape index (κ3) is 3.27. The molecule has 1 aliphatic rings. The summed E-state index contributed by atoms with van der Waals surface area (Å²) in [5.41, 5.74) is 1.16. The van der Waals surface area contributed by atoms with Crippen LogP contribution < -0.4 is 10.6 Å². The minimum absolute atomic E-state index is 0.153. The highest BCUT2D eigenvalue weighted by Crippen LogP contribution is 2.09. The fourth-order valence-electron chi connectivity index (χ4n) is 2.11. The summed E-state index contributed by atoms with van der Waals surface area (Å²) in [6.45, 7) is 3.58. The number of piperidine rings is 1. The molecule has 0 bridgehead atoms. The van der Waals surface area contributed by atoms with E-state index >= 15 is 0 Å². The summed E-state index contributed by atoms with van der Waals surface area (Å²) in [6, 6.07) is 4.55. The molecule has 1 aromatic carbocycles. The maximum Gasteiger partial charge on any atom is 0.251 e. The van der Waals surface area contributed by atoms with Gasteiger partial charge in [0.1, 0.15) is 5.82 Å². The first-order chi connectivity index (χ1) is 8.15. The smallest absolute Gasteiger partial charge is 0.251 e. The van der Waals surface area contributed by atoms with Gasteiger partial charge in [0.25, 0.3) is 5.91 Å². The molecule has 1 aromatic rings. The molecule has 1 saturated heterocycles. The number of halogens is 1. The Kier molecular flexibility index (Phi) is 3.74. The van der Waals surface area contributed by atoms with Crippen molar-refractivity contribution >= 4 is 5.91 Å². The van der Waals surface area contributed by atoms with Crippen molar-refractivity contribution in [2.45, 2.75) is 25.8 Å². The Morgan fingerprint density at radius 2 is 2.29 bits per heavy atom. The Bertz CT molecular complexity index is 394. The lowest BCUT2D eigenvalue weighted by Gasteiger charge is -2.23. The van der Waals surface area contributed by atoms with E-state index in [4.69, 9.17) is 0 Å². The molecule has 92 valence electrons. The van der Waals surface area contributed by atoms with E-state index in [1.165, 1.54) is 12.1 Å². The van der Waals surface area contributed by atoms with Crippen molar-refractivity contribution in [3.05, 3.63) is 35.1 Å². The Balaban J connectivity index is 2.03. The van der Waals surface area contributed by atoms with Crippen LogP contribution in [0.2, 0.25) is 0 Å². The van der Waals surface area contributed by atoms with Crippen LogP contribution in [0.25, 0.3) is 0 Å². The first-order valence-electron chi connectivity index (χ1n) is 5.94.